The maximum absolute atomic E-state index is 10.1. The van der Waals surface area contributed by atoms with Crippen LogP contribution in [0.25, 0.3) is 0 Å². The van der Waals surface area contributed by atoms with Gasteiger partial charge in [-0.2, -0.15) is 0 Å². The van der Waals surface area contributed by atoms with Crippen molar-refractivity contribution in [3.8, 4) is 0 Å². The number of aliphatic hydroxyl groups is 2. The molecule has 3 atom stereocenters. The Kier molecular flexibility index (Phi) is 8.83. The zero-order valence-electron chi connectivity index (χ0n) is 15.8. The molecule has 0 bridgehead atoms. The molecule has 2 N–H and O–H groups in total. The number of hydrogen-bond donors (Lipinski definition) is 2. The number of rotatable bonds is 11. The molecule has 0 amide bonds. The normalized spacial score (nSPS) is 17.3. The van der Waals surface area contributed by atoms with Crippen molar-refractivity contribution in [2.24, 2.45) is 5.92 Å². The molecule has 0 aliphatic carbocycles. The highest BCUT2D eigenvalue weighted by molar-refractivity contribution is 6.91. The van der Waals surface area contributed by atoms with Crippen LogP contribution in [0, 0.1) is 5.92 Å². The Morgan fingerprint density at radius 3 is 2.29 bits per heavy atom. The molecule has 1 aromatic rings. The van der Waals surface area contributed by atoms with E-state index in [1.807, 2.05) is 18.2 Å². The highest BCUT2D eigenvalue weighted by atomic mass is 28.4. The van der Waals surface area contributed by atoms with Crippen molar-refractivity contribution in [2.75, 3.05) is 13.7 Å². The van der Waals surface area contributed by atoms with E-state index in [2.05, 4.69) is 39.1 Å². The van der Waals surface area contributed by atoms with E-state index in [4.69, 9.17) is 8.54 Å². The quantitative estimate of drug-likeness (QED) is 0.588. The van der Waals surface area contributed by atoms with Crippen LogP contribution in [0.5, 0.6) is 0 Å². The predicted octanol–water partition coefficient (Wildman–Crippen LogP) is 2.99. The Morgan fingerprint density at radius 2 is 1.79 bits per heavy atom. The van der Waals surface area contributed by atoms with Crippen molar-refractivity contribution in [1.82, 2.24) is 0 Å². The Bertz CT molecular complexity index is 469. The topological polar surface area (TPSA) is 58.9 Å². The van der Waals surface area contributed by atoms with Crippen molar-refractivity contribution in [2.45, 2.75) is 58.0 Å². The van der Waals surface area contributed by atoms with Crippen LogP contribution < -0.4 is 5.19 Å². The Hall–Kier alpha value is -0.506. The molecular formula is C18H34O4Si2. The molecule has 6 heteroatoms. The molecule has 0 saturated carbocycles. The monoisotopic (exact) mass is 370 g/mol. The minimum atomic E-state index is -2.60. The predicted molar refractivity (Wildman–Crippen MR) is 104 cm³/mol. The molecule has 0 heterocycles. The van der Waals surface area contributed by atoms with Gasteiger partial charge in [0.25, 0.3) is 0 Å². The van der Waals surface area contributed by atoms with Gasteiger partial charge in [0.15, 0.2) is 0 Å². The van der Waals surface area contributed by atoms with Gasteiger partial charge < -0.3 is 18.8 Å². The van der Waals surface area contributed by atoms with E-state index >= 15 is 0 Å². The van der Waals surface area contributed by atoms with Crippen LogP contribution in [0.1, 0.15) is 26.7 Å². The largest absolute Gasteiger partial charge is 0.432 e. The highest BCUT2D eigenvalue weighted by Crippen LogP contribution is 2.29. The second-order valence-corrected chi connectivity index (χ2v) is 14.7. The summed E-state index contributed by atoms with van der Waals surface area (Å²) in [5.41, 5.74) is 0. The first-order valence-corrected chi connectivity index (χ1v) is 14.0. The van der Waals surface area contributed by atoms with Gasteiger partial charge in [0.05, 0.1) is 12.7 Å². The first-order valence-electron chi connectivity index (χ1n) is 8.88. The fourth-order valence-corrected chi connectivity index (χ4v) is 11.5. The number of aliphatic hydroxyl groups excluding tert-OH is 2. The molecule has 1 aromatic carbocycles. The summed E-state index contributed by atoms with van der Waals surface area (Å²) in [7, 11) is -3.06. The molecule has 0 aliphatic rings. The molecular weight excluding hydrogens is 336 g/mol. The van der Waals surface area contributed by atoms with Crippen LogP contribution in [0.15, 0.2) is 30.3 Å². The van der Waals surface area contributed by atoms with E-state index in [1.165, 1.54) is 5.19 Å². The third kappa shape index (κ3) is 6.42. The zero-order chi connectivity index (χ0) is 18.2. The fraction of sp³-hybridized carbons (Fsp3) is 0.667. The molecule has 138 valence electrons. The molecule has 0 fully saturated rings. The number of benzene rings is 1. The molecule has 4 nitrogen and oxygen atoms in total. The lowest BCUT2D eigenvalue weighted by Crippen LogP contribution is -2.57. The second-order valence-electron chi connectivity index (χ2n) is 7.19. The van der Waals surface area contributed by atoms with Crippen LogP contribution in [-0.2, 0) is 8.54 Å². The van der Waals surface area contributed by atoms with Gasteiger partial charge >= 0.3 is 8.56 Å². The standard InChI is InChI=1S/C18H34O4Si2/c1-6-16(2)12-13-24(21-3,15-17(20)14-19)22-23(4,5)18-10-8-7-9-11-18/h7-11,16-17,19-20H,6,12-15H2,1-5H3. The third-order valence-corrected chi connectivity index (χ3v) is 12.9. The van der Waals surface area contributed by atoms with Gasteiger partial charge in [0.1, 0.15) is 0 Å². The minimum Gasteiger partial charge on any atom is -0.432 e. The van der Waals surface area contributed by atoms with Crippen LogP contribution in [-0.4, -0.2) is 46.9 Å². The Labute approximate surface area is 149 Å². The summed E-state index contributed by atoms with van der Waals surface area (Å²) in [5.74, 6) is 0.600. The molecule has 0 radical (unpaired) electrons. The molecule has 0 aromatic heterocycles. The van der Waals surface area contributed by atoms with Gasteiger partial charge in [-0.25, -0.2) is 0 Å². The fourth-order valence-electron chi connectivity index (χ4n) is 2.88. The molecule has 1 rings (SSSR count). The van der Waals surface area contributed by atoms with Gasteiger partial charge in [-0.05, 0) is 36.7 Å². The molecule has 0 aliphatic heterocycles. The zero-order valence-corrected chi connectivity index (χ0v) is 17.8. The van der Waals surface area contributed by atoms with E-state index < -0.39 is 23.0 Å². The van der Waals surface area contributed by atoms with Crippen LogP contribution in [0.2, 0.25) is 25.2 Å². The average Bonchev–Trinajstić information content (AvgIpc) is 2.59. The third-order valence-electron chi connectivity index (χ3n) is 4.75. The van der Waals surface area contributed by atoms with E-state index in [0.29, 0.717) is 12.0 Å². The van der Waals surface area contributed by atoms with E-state index in [0.717, 1.165) is 18.9 Å². The average molecular weight is 371 g/mol. The van der Waals surface area contributed by atoms with Crippen molar-refractivity contribution in [1.29, 1.82) is 0 Å². The van der Waals surface area contributed by atoms with Crippen molar-refractivity contribution in [3.63, 3.8) is 0 Å². The summed E-state index contributed by atoms with van der Waals surface area (Å²) < 4.78 is 12.7. The lowest BCUT2D eigenvalue weighted by molar-refractivity contribution is 0.0998. The minimum absolute atomic E-state index is 0.252. The van der Waals surface area contributed by atoms with E-state index in [9.17, 15) is 10.2 Å². The maximum Gasteiger partial charge on any atom is 0.330 e. The van der Waals surface area contributed by atoms with Crippen LogP contribution >= 0.6 is 0 Å². The summed E-state index contributed by atoms with van der Waals surface area (Å²) in [6, 6.07) is 11.6. The smallest absolute Gasteiger partial charge is 0.330 e. The van der Waals surface area contributed by atoms with Gasteiger partial charge in [-0.1, -0.05) is 50.6 Å². The number of hydrogen-bond acceptors (Lipinski definition) is 4. The summed E-state index contributed by atoms with van der Waals surface area (Å²) in [6.45, 7) is 8.53. The Balaban J connectivity index is 3.01. The van der Waals surface area contributed by atoms with Gasteiger partial charge in [-0.3, -0.25) is 0 Å². The van der Waals surface area contributed by atoms with Crippen LogP contribution in [0.4, 0.5) is 0 Å². The van der Waals surface area contributed by atoms with Crippen molar-refractivity contribution < 1.29 is 18.8 Å². The van der Waals surface area contributed by atoms with Gasteiger partial charge in [0.2, 0.25) is 8.32 Å². The van der Waals surface area contributed by atoms with Crippen molar-refractivity contribution in [3.05, 3.63) is 30.3 Å². The summed E-state index contributed by atoms with van der Waals surface area (Å²) in [5, 5.41) is 20.6. The van der Waals surface area contributed by atoms with Gasteiger partial charge in [0, 0.05) is 13.2 Å². The Morgan fingerprint density at radius 1 is 1.17 bits per heavy atom. The van der Waals surface area contributed by atoms with E-state index in [-0.39, 0.29) is 6.61 Å². The summed E-state index contributed by atoms with van der Waals surface area (Å²) >= 11 is 0. The lowest BCUT2D eigenvalue weighted by atomic mass is 10.1. The van der Waals surface area contributed by atoms with Crippen molar-refractivity contribution >= 4 is 22.1 Å². The first kappa shape index (κ1) is 21.5. The molecule has 0 saturated heterocycles. The molecule has 3 unspecified atom stereocenters. The maximum atomic E-state index is 10.1. The SMILES string of the molecule is CCC(C)CC[Si](CC(O)CO)(OC)O[Si](C)(C)c1ccccc1. The first-order chi connectivity index (χ1) is 11.3. The highest BCUT2D eigenvalue weighted by Gasteiger charge is 2.44. The van der Waals surface area contributed by atoms with Crippen LogP contribution in [0.3, 0.4) is 0 Å². The summed E-state index contributed by atoms with van der Waals surface area (Å²) in [4.78, 5) is 0. The summed E-state index contributed by atoms with van der Waals surface area (Å²) in [6.07, 6.45) is 1.36. The molecule has 24 heavy (non-hydrogen) atoms. The molecule has 0 spiro atoms. The lowest BCUT2D eigenvalue weighted by Gasteiger charge is -2.38. The van der Waals surface area contributed by atoms with Gasteiger partial charge in [-0.15, -0.1) is 0 Å². The second kappa shape index (κ2) is 9.84. The van der Waals surface area contributed by atoms with E-state index in [1.54, 1.807) is 7.11 Å².